The van der Waals surface area contributed by atoms with E-state index < -0.39 is 0 Å². The Morgan fingerprint density at radius 2 is 1.92 bits per heavy atom. The lowest BCUT2D eigenvalue weighted by Gasteiger charge is -2.37. The first kappa shape index (κ1) is 17.9. The fourth-order valence-electron chi connectivity index (χ4n) is 3.83. The summed E-state index contributed by atoms with van der Waals surface area (Å²) in [7, 11) is 0. The van der Waals surface area contributed by atoms with Crippen LogP contribution in [0.15, 0.2) is 6.07 Å². The maximum absolute atomic E-state index is 12.9. The number of nitrogens with zero attached hydrogens (tertiary/aromatic N) is 4. The number of rotatable bonds is 3. The van der Waals surface area contributed by atoms with E-state index in [1.165, 1.54) is 0 Å². The number of aryl methyl sites for hydroxylation is 2. The molecule has 3 rings (SSSR count). The fraction of sp³-hybridized carbons (Fsp3) is 0.722. The summed E-state index contributed by atoms with van der Waals surface area (Å²) in [5.74, 6) is 0.119. The van der Waals surface area contributed by atoms with Crippen LogP contribution in [0.2, 0.25) is 0 Å². The van der Waals surface area contributed by atoms with Gasteiger partial charge in [0.2, 0.25) is 11.8 Å². The average Bonchev–Trinajstić information content (AvgIpc) is 2.99. The molecule has 3 heterocycles. The minimum atomic E-state index is -0.342. The van der Waals surface area contributed by atoms with Crippen molar-refractivity contribution in [3.05, 3.63) is 17.5 Å². The summed E-state index contributed by atoms with van der Waals surface area (Å²) < 4.78 is 7.10. The summed E-state index contributed by atoms with van der Waals surface area (Å²) in [5.41, 5.74) is 1.90. The molecule has 0 aromatic carbocycles. The lowest BCUT2D eigenvalue weighted by molar-refractivity contribution is -0.145. The molecule has 2 aliphatic rings. The van der Waals surface area contributed by atoms with Gasteiger partial charge in [-0.25, -0.2) is 0 Å². The Bertz CT molecular complexity index is 636. The van der Waals surface area contributed by atoms with E-state index in [4.69, 9.17) is 4.74 Å². The Morgan fingerprint density at radius 3 is 2.56 bits per heavy atom. The van der Waals surface area contributed by atoms with Gasteiger partial charge in [-0.1, -0.05) is 0 Å². The predicted molar refractivity (Wildman–Crippen MR) is 93.1 cm³/mol. The molecule has 0 spiro atoms. The molecule has 0 bridgehead atoms. The summed E-state index contributed by atoms with van der Waals surface area (Å²) in [6.45, 7) is 9.54. The lowest BCUT2D eigenvalue weighted by atomic mass is 9.95. The van der Waals surface area contributed by atoms with E-state index in [2.05, 4.69) is 5.10 Å². The van der Waals surface area contributed by atoms with Gasteiger partial charge in [0.15, 0.2) is 0 Å². The van der Waals surface area contributed by atoms with Crippen LogP contribution in [0.25, 0.3) is 0 Å². The van der Waals surface area contributed by atoms with Crippen LogP contribution in [0.1, 0.15) is 37.2 Å². The van der Waals surface area contributed by atoms with Crippen molar-refractivity contribution in [2.24, 2.45) is 5.92 Å². The summed E-state index contributed by atoms with van der Waals surface area (Å²) in [4.78, 5) is 29.4. The molecule has 138 valence electrons. The second-order valence-electron chi connectivity index (χ2n) is 7.11. The number of carbonyl (C=O) groups excluding carboxylic acids is 2. The van der Waals surface area contributed by atoms with E-state index in [0.29, 0.717) is 32.8 Å². The molecule has 2 amide bonds. The van der Waals surface area contributed by atoms with Gasteiger partial charge in [-0.2, -0.15) is 5.10 Å². The summed E-state index contributed by atoms with van der Waals surface area (Å²) >= 11 is 0. The van der Waals surface area contributed by atoms with E-state index >= 15 is 0 Å². The molecule has 0 radical (unpaired) electrons. The van der Waals surface area contributed by atoms with Gasteiger partial charge in [0, 0.05) is 31.9 Å². The standard InChI is InChI=1S/C18H28N4O3/c1-13-11-14(2)22(19-13)15(3)17(23)21-6-4-5-16(12-21)18(24)20-7-9-25-10-8-20/h11,15-16H,4-10,12H2,1-3H3. The third kappa shape index (κ3) is 3.86. The Labute approximate surface area is 148 Å². The van der Waals surface area contributed by atoms with Crippen LogP contribution >= 0.6 is 0 Å². The van der Waals surface area contributed by atoms with Crippen molar-refractivity contribution in [2.75, 3.05) is 39.4 Å². The van der Waals surface area contributed by atoms with Crippen molar-refractivity contribution in [1.82, 2.24) is 19.6 Å². The maximum atomic E-state index is 12.9. The highest BCUT2D eigenvalue weighted by molar-refractivity contribution is 5.83. The van der Waals surface area contributed by atoms with E-state index in [1.54, 1.807) is 4.68 Å². The molecule has 0 N–H and O–H groups in total. The van der Waals surface area contributed by atoms with Crippen LogP contribution in [0, 0.1) is 19.8 Å². The minimum Gasteiger partial charge on any atom is -0.378 e. The quantitative estimate of drug-likeness (QED) is 0.822. The van der Waals surface area contributed by atoms with E-state index in [-0.39, 0.29) is 23.8 Å². The molecular weight excluding hydrogens is 320 g/mol. The molecule has 1 aromatic heterocycles. The van der Waals surface area contributed by atoms with E-state index in [0.717, 1.165) is 30.8 Å². The minimum absolute atomic E-state index is 0.0469. The van der Waals surface area contributed by atoms with Crippen LogP contribution in [0.5, 0.6) is 0 Å². The molecule has 2 unspecified atom stereocenters. The second kappa shape index (κ2) is 7.56. The van der Waals surface area contributed by atoms with Gasteiger partial charge in [-0.3, -0.25) is 14.3 Å². The van der Waals surface area contributed by atoms with Crippen LogP contribution in [-0.4, -0.2) is 70.8 Å². The number of ether oxygens (including phenoxy) is 1. The highest BCUT2D eigenvalue weighted by atomic mass is 16.5. The van der Waals surface area contributed by atoms with Crippen molar-refractivity contribution in [3.63, 3.8) is 0 Å². The zero-order valence-corrected chi connectivity index (χ0v) is 15.4. The molecule has 2 fully saturated rings. The van der Waals surface area contributed by atoms with Gasteiger partial charge in [-0.05, 0) is 39.7 Å². The van der Waals surface area contributed by atoms with Gasteiger partial charge < -0.3 is 14.5 Å². The molecule has 0 saturated carbocycles. The molecule has 1 aromatic rings. The maximum Gasteiger partial charge on any atom is 0.247 e. The van der Waals surface area contributed by atoms with E-state index in [9.17, 15) is 9.59 Å². The first-order chi connectivity index (χ1) is 12.0. The number of hydrogen-bond donors (Lipinski definition) is 0. The SMILES string of the molecule is Cc1cc(C)n(C(C)C(=O)N2CCCC(C(=O)N3CCOCC3)C2)n1. The molecule has 25 heavy (non-hydrogen) atoms. The monoisotopic (exact) mass is 348 g/mol. The summed E-state index contributed by atoms with van der Waals surface area (Å²) in [6.07, 6.45) is 1.73. The molecular formula is C18H28N4O3. The van der Waals surface area contributed by atoms with Crippen LogP contribution in [-0.2, 0) is 14.3 Å². The summed E-state index contributed by atoms with van der Waals surface area (Å²) in [5, 5.41) is 4.43. The highest BCUT2D eigenvalue weighted by Gasteiger charge is 2.33. The van der Waals surface area contributed by atoms with Crippen LogP contribution in [0.3, 0.4) is 0 Å². The second-order valence-corrected chi connectivity index (χ2v) is 7.11. The fourth-order valence-corrected chi connectivity index (χ4v) is 3.83. The van der Waals surface area contributed by atoms with Gasteiger partial charge in [-0.15, -0.1) is 0 Å². The molecule has 2 saturated heterocycles. The van der Waals surface area contributed by atoms with Crippen molar-refractivity contribution < 1.29 is 14.3 Å². The lowest BCUT2D eigenvalue weighted by Crippen LogP contribution is -2.50. The molecule has 7 nitrogen and oxygen atoms in total. The third-order valence-corrected chi connectivity index (χ3v) is 5.17. The molecule has 2 atom stereocenters. The number of aromatic nitrogens is 2. The summed E-state index contributed by atoms with van der Waals surface area (Å²) in [6, 6.07) is 1.64. The number of morpholine rings is 1. The number of piperidine rings is 1. The topological polar surface area (TPSA) is 67.7 Å². The Morgan fingerprint density at radius 1 is 1.20 bits per heavy atom. The first-order valence-corrected chi connectivity index (χ1v) is 9.15. The molecule has 0 aliphatic carbocycles. The van der Waals surface area contributed by atoms with Crippen LogP contribution < -0.4 is 0 Å². The normalized spacial score (nSPS) is 22.8. The van der Waals surface area contributed by atoms with Gasteiger partial charge in [0.05, 0.1) is 24.8 Å². The number of hydrogen-bond acceptors (Lipinski definition) is 4. The predicted octanol–water partition coefficient (Wildman–Crippen LogP) is 1.16. The van der Waals surface area contributed by atoms with Crippen LogP contribution in [0.4, 0.5) is 0 Å². The first-order valence-electron chi connectivity index (χ1n) is 9.15. The number of likely N-dealkylation sites (tertiary alicyclic amines) is 1. The Kier molecular flexibility index (Phi) is 5.42. The van der Waals surface area contributed by atoms with Crippen molar-refractivity contribution in [3.8, 4) is 0 Å². The zero-order chi connectivity index (χ0) is 18.0. The molecule has 2 aliphatic heterocycles. The van der Waals surface area contributed by atoms with Crippen molar-refractivity contribution in [2.45, 2.75) is 39.7 Å². The number of carbonyl (C=O) groups is 2. The smallest absolute Gasteiger partial charge is 0.247 e. The van der Waals surface area contributed by atoms with Crippen molar-refractivity contribution in [1.29, 1.82) is 0 Å². The van der Waals surface area contributed by atoms with E-state index in [1.807, 2.05) is 36.6 Å². The Hall–Kier alpha value is -1.89. The van der Waals surface area contributed by atoms with Gasteiger partial charge in [0.25, 0.3) is 0 Å². The van der Waals surface area contributed by atoms with Crippen molar-refractivity contribution >= 4 is 11.8 Å². The average molecular weight is 348 g/mol. The van der Waals surface area contributed by atoms with Gasteiger partial charge in [0.1, 0.15) is 6.04 Å². The zero-order valence-electron chi connectivity index (χ0n) is 15.4. The largest absolute Gasteiger partial charge is 0.378 e. The highest BCUT2D eigenvalue weighted by Crippen LogP contribution is 2.23. The number of amides is 2. The van der Waals surface area contributed by atoms with Gasteiger partial charge >= 0.3 is 0 Å². The third-order valence-electron chi connectivity index (χ3n) is 5.17. The molecule has 7 heteroatoms. The Balaban J connectivity index is 1.65.